The second kappa shape index (κ2) is 6.89. The van der Waals surface area contributed by atoms with Crippen molar-refractivity contribution in [3.8, 4) is 0 Å². The summed E-state index contributed by atoms with van der Waals surface area (Å²) in [6.45, 7) is 1.83. The standard InChI is InChI=1S/C17H14N6O2S2/c1-11-16(22-14-3-2-8-19-17(14)20-11)21-12-4-6-13(7-5-12)27(24,25)23-15-9-18-10-26-15/h2-10,23H,1H3,(H,21,22). The number of rotatable bonds is 5. The first kappa shape index (κ1) is 17.3. The molecule has 3 heterocycles. The lowest BCUT2D eigenvalue weighted by Gasteiger charge is -2.10. The summed E-state index contributed by atoms with van der Waals surface area (Å²) in [4.78, 5) is 17.1. The molecule has 0 bridgehead atoms. The van der Waals surface area contributed by atoms with Crippen molar-refractivity contribution in [3.63, 3.8) is 0 Å². The van der Waals surface area contributed by atoms with Gasteiger partial charge in [0.2, 0.25) is 0 Å². The molecular formula is C17H14N6O2S2. The molecule has 0 saturated carbocycles. The average Bonchev–Trinajstić information content (AvgIpc) is 3.15. The fourth-order valence-electron chi connectivity index (χ4n) is 2.41. The topological polar surface area (TPSA) is 110 Å². The Morgan fingerprint density at radius 2 is 1.89 bits per heavy atom. The predicted molar refractivity (Wildman–Crippen MR) is 105 cm³/mol. The molecule has 3 aromatic heterocycles. The van der Waals surface area contributed by atoms with Gasteiger partial charge in [-0.15, -0.1) is 11.3 Å². The lowest BCUT2D eigenvalue weighted by atomic mass is 10.3. The van der Waals surface area contributed by atoms with Gasteiger partial charge >= 0.3 is 0 Å². The van der Waals surface area contributed by atoms with Crippen LogP contribution < -0.4 is 10.0 Å². The predicted octanol–water partition coefficient (Wildman–Crippen LogP) is 3.33. The number of sulfonamides is 1. The third kappa shape index (κ3) is 3.71. The van der Waals surface area contributed by atoms with Gasteiger partial charge in [0, 0.05) is 11.9 Å². The molecule has 0 amide bonds. The van der Waals surface area contributed by atoms with E-state index < -0.39 is 10.0 Å². The Morgan fingerprint density at radius 3 is 2.63 bits per heavy atom. The Hall–Kier alpha value is -3.11. The number of nitrogens with one attached hydrogen (secondary N) is 2. The maximum Gasteiger partial charge on any atom is 0.262 e. The van der Waals surface area contributed by atoms with Gasteiger partial charge in [-0.25, -0.2) is 23.4 Å². The Kier molecular flexibility index (Phi) is 4.42. The number of aryl methyl sites for hydroxylation is 1. The minimum Gasteiger partial charge on any atom is -0.339 e. The Labute approximate surface area is 159 Å². The second-order valence-electron chi connectivity index (χ2n) is 5.62. The van der Waals surface area contributed by atoms with Crippen LogP contribution in [0.5, 0.6) is 0 Å². The van der Waals surface area contributed by atoms with E-state index in [-0.39, 0.29) is 4.90 Å². The van der Waals surface area contributed by atoms with Crippen molar-refractivity contribution < 1.29 is 8.42 Å². The first-order chi connectivity index (χ1) is 13.0. The van der Waals surface area contributed by atoms with Crippen LogP contribution in [-0.2, 0) is 10.0 Å². The highest BCUT2D eigenvalue weighted by Gasteiger charge is 2.15. The highest BCUT2D eigenvalue weighted by molar-refractivity contribution is 7.93. The lowest BCUT2D eigenvalue weighted by molar-refractivity contribution is 0.601. The molecular weight excluding hydrogens is 384 g/mol. The Bertz CT molecular complexity index is 1190. The smallest absolute Gasteiger partial charge is 0.262 e. The highest BCUT2D eigenvalue weighted by Crippen LogP contribution is 2.23. The Morgan fingerprint density at radius 1 is 1.07 bits per heavy atom. The molecule has 4 aromatic rings. The van der Waals surface area contributed by atoms with Gasteiger partial charge in [-0.05, 0) is 43.3 Å². The van der Waals surface area contributed by atoms with Crippen LogP contribution in [0.3, 0.4) is 0 Å². The summed E-state index contributed by atoms with van der Waals surface area (Å²) in [7, 11) is -3.65. The van der Waals surface area contributed by atoms with Gasteiger partial charge in [-0.1, -0.05) is 0 Å². The van der Waals surface area contributed by atoms with Crippen molar-refractivity contribution in [1.29, 1.82) is 0 Å². The number of benzene rings is 1. The molecule has 0 radical (unpaired) electrons. The molecule has 0 fully saturated rings. The summed E-state index contributed by atoms with van der Waals surface area (Å²) in [6.07, 6.45) is 3.14. The lowest BCUT2D eigenvalue weighted by Crippen LogP contribution is -2.12. The van der Waals surface area contributed by atoms with Crippen LogP contribution in [0, 0.1) is 6.92 Å². The fourth-order valence-corrected chi connectivity index (χ4v) is 4.21. The molecule has 1 aromatic carbocycles. The van der Waals surface area contributed by atoms with E-state index >= 15 is 0 Å². The SMILES string of the molecule is Cc1nc2ncccc2nc1Nc1ccc(S(=O)(=O)Nc2cncs2)cc1. The van der Waals surface area contributed by atoms with Crippen molar-refractivity contribution in [2.45, 2.75) is 11.8 Å². The molecule has 0 saturated heterocycles. The maximum atomic E-state index is 12.4. The van der Waals surface area contributed by atoms with Gasteiger partial charge in [-0.2, -0.15) is 0 Å². The van der Waals surface area contributed by atoms with Crippen LogP contribution in [0.25, 0.3) is 11.2 Å². The van der Waals surface area contributed by atoms with E-state index in [0.29, 0.717) is 33.4 Å². The quantitative estimate of drug-likeness (QED) is 0.530. The van der Waals surface area contributed by atoms with E-state index in [0.717, 1.165) is 0 Å². The van der Waals surface area contributed by atoms with Crippen molar-refractivity contribution in [2.75, 3.05) is 10.0 Å². The zero-order chi connectivity index (χ0) is 18.9. The summed E-state index contributed by atoms with van der Waals surface area (Å²) in [5, 5.41) is 3.63. The number of thiazole rings is 1. The van der Waals surface area contributed by atoms with Crippen molar-refractivity contribution in [2.24, 2.45) is 0 Å². The van der Waals surface area contributed by atoms with Crippen LogP contribution in [-0.4, -0.2) is 28.4 Å². The van der Waals surface area contributed by atoms with E-state index in [1.807, 2.05) is 13.0 Å². The van der Waals surface area contributed by atoms with E-state index in [9.17, 15) is 8.42 Å². The first-order valence-electron chi connectivity index (χ1n) is 7.89. The van der Waals surface area contributed by atoms with Crippen LogP contribution in [0.4, 0.5) is 16.5 Å². The number of aromatic nitrogens is 4. The van der Waals surface area contributed by atoms with Gasteiger partial charge in [0.25, 0.3) is 10.0 Å². The average molecular weight is 398 g/mol. The third-order valence-electron chi connectivity index (χ3n) is 3.71. The molecule has 136 valence electrons. The molecule has 0 spiro atoms. The fraction of sp³-hybridized carbons (Fsp3) is 0.0588. The molecule has 8 nitrogen and oxygen atoms in total. The minimum absolute atomic E-state index is 0.159. The summed E-state index contributed by atoms with van der Waals surface area (Å²) >= 11 is 1.22. The van der Waals surface area contributed by atoms with Crippen LogP contribution >= 0.6 is 11.3 Å². The monoisotopic (exact) mass is 398 g/mol. The molecule has 27 heavy (non-hydrogen) atoms. The summed E-state index contributed by atoms with van der Waals surface area (Å²) in [5.74, 6) is 0.592. The number of anilines is 3. The number of hydrogen-bond donors (Lipinski definition) is 2. The molecule has 0 atom stereocenters. The molecule has 0 aliphatic carbocycles. The van der Waals surface area contributed by atoms with E-state index in [1.165, 1.54) is 29.7 Å². The molecule has 0 unspecified atom stereocenters. The second-order valence-corrected chi connectivity index (χ2v) is 8.19. The van der Waals surface area contributed by atoms with Gasteiger partial charge in [0.05, 0.1) is 22.3 Å². The summed E-state index contributed by atoms with van der Waals surface area (Å²) in [5.41, 5.74) is 4.22. The maximum absolute atomic E-state index is 12.4. The summed E-state index contributed by atoms with van der Waals surface area (Å²) < 4.78 is 27.3. The third-order valence-corrected chi connectivity index (χ3v) is 5.91. The van der Waals surface area contributed by atoms with Gasteiger partial charge in [0.15, 0.2) is 11.5 Å². The zero-order valence-corrected chi connectivity index (χ0v) is 15.8. The van der Waals surface area contributed by atoms with E-state index in [4.69, 9.17) is 0 Å². The number of fused-ring (bicyclic) bond motifs is 1. The van der Waals surface area contributed by atoms with Gasteiger partial charge < -0.3 is 5.32 Å². The zero-order valence-electron chi connectivity index (χ0n) is 14.1. The number of pyridine rings is 1. The molecule has 4 rings (SSSR count). The van der Waals surface area contributed by atoms with E-state index in [2.05, 4.69) is 30.0 Å². The Balaban J connectivity index is 1.57. The number of nitrogens with zero attached hydrogens (tertiary/aromatic N) is 4. The van der Waals surface area contributed by atoms with Crippen molar-refractivity contribution >= 4 is 49.0 Å². The normalized spacial score (nSPS) is 11.4. The number of hydrogen-bond acceptors (Lipinski definition) is 8. The summed E-state index contributed by atoms with van der Waals surface area (Å²) in [6, 6.07) is 10.0. The van der Waals surface area contributed by atoms with Crippen LogP contribution in [0.1, 0.15) is 5.69 Å². The highest BCUT2D eigenvalue weighted by atomic mass is 32.2. The van der Waals surface area contributed by atoms with Crippen LogP contribution in [0.2, 0.25) is 0 Å². The molecule has 10 heteroatoms. The molecule has 0 aliphatic rings. The largest absolute Gasteiger partial charge is 0.339 e. The van der Waals surface area contributed by atoms with Crippen molar-refractivity contribution in [3.05, 3.63) is 60.0 Å². The first-order valence-corrected chi connectivity index (χ1v) is 10.3. The van der Waals surface area contributed by atoms with Gasteiger partial charge in [0.1, 0.15) is 10.5 Å². The minimum atomic E-state index is -3.65. The van der Waals surface area contributed by atoms with E-state index in [1.54, 1.807) is 29.9 Å². The van der Waals surface area contributed by atoms with Crippen molar-refractivity contribution in [1.82, 2.24) is 19.9 Å². The van der Waals surface area contributed by atoms with Gasteiger partial charge in [-0.3, -0.25) is 9.71 Å². The molecule has 0 aliphatic heterocycles. The molecule has 2 N–H and O–H groups in total. The van der Waals surface area contributed by atoms with Crippen LogP contribution in [0.15, 0.2) is 59.2 Å².